The Bertz CT molecular complexity index is 1050. The molecule has 2 aliphatic rings. The average Bonchev–Trinajstić information content (AvgIpc) is 3.11. The third-order valence-electron chi connectivity index (χ3n) is 6.40. The van der Waals surface area contributed by atoms with E-state index in [4.69, 9.17) is 0 Å². The molecule has 30 heavy (non-hydrogen) atoms. The van der Waals surface area contributed by atoms with Gasteiger partial charge in [0.25, 0.3) is 0 Å². The summed E-state index contributed by atoms with van der Waals surface area (Å²) in [5, 5.41) is 3.24. The van der Waals surface area contributed by atoms with Crippen molar-refractivity contribution in [3.05, 3.63) is 72.8 Å². The van der Waals surface area contributed by atoms with E-state index >= 15 is 0 Å². The Morgan fingerprint density at radius 3 is 2.30 bits per heavy atom. The molecule has 1 saturated carbocycles. The summed E-state index contributed by atoms with van der Waals surface area (Å²) in [6.45, 7) is 0.617. The van der Waals surface area contributed by atoms with Crippen molar-refractivity contribution < 1.29 is 4.79 Å². The van der Waals surface area contributed by atoms with Crippen molar-refractivity contribution in [3.63, 3.8) is 0 Å². The molecular formula is C23H24N6O. The summed E-state index contributed by atoms with van der Waals surface area (Å²) < 4.78 is 0. The fourth-order valence-corrected chi connectivity index (χ4v) is 4.82. The van der Waals surface area contributed by atoms with Gasteiger partial charge >= 0.3 is 6.03 Å². The molecule has 2 fully saturated rings. The number of nitrogens with zero attached hydrogens (tertiary/aromatic N) is 5. The molecule has 0 radical (unpaired) electrons. The van der Waals surface area contributed by atoms with Gasteiger partial charge in [0.15, 0.2) is 5.82 Å². The normalized spacial score (nSPS) is 25.4. The lowest BCUT2D eigenvalue weighted by Gasteiger charge is -2.57. The third-order valence-corrected chi connectivity index (χ3v) is 6.40. The molecule has 7 heteroatoms. The number of anilines is 1. The van der Waals surface area contributed by atoms with Crippen LogP contribution in [0.4, 0.5) is 10.5 Å². The predicted molar refractivity (Wildman–Crippen MR) is 115 cm³/mol. The molecule has 0 atom stereocenters. The highest BCUT2D eigenvalue weighted by atomic mass is 16.2. The van der Waals surface area contributed by atoms with Gasteiger partial charge in [-0.2, -0.15) is 0 Å². The topological polar surface area (TPSA) is 74.2 Å². The van der Waals surface area contributed by atoms with Crippen LogP contribution in [-0.4, -0.2) is 52.1 Å². The molecule has 152 valence electrons. The van der Waals surface area contributed by atoms with Crippen LogP contribution in [0.2, 0.25) is 0 Å². The van der Waals surface area contributed by atoms with Crippen LogP contribution in [0.1, 0.15) is 18.4 Å². The minimum absolute atomic E-state index is 0.0632. The predicted octanol–water partition coefficient (Wildman–Crippen LogP) is 3.06. The second-order valence-corrected chi connectivity index (χ2v) is 8.44. The lowest BCUT2D eigenvalue weighted by molar-refractivity contribution is -0.0169. The van der Waals surface area contributed by atoms with Crippen LogP contribution in [0, 0.1) is 0 Å². The smallest absolute Gasteiger partial charge is 0.322 e. The molecule has 1 spiro atoms. The van der Waals surface area contributed by atoms with E-state index < -0.39 is 0 Å². The number of benzene rings is 1. The Labute approximate surface area is 175 Å². The zero-order valence-corrected chi connectivity index (χ0v) is 17.1. The summed E-state index contributed by atoms with van der Waals surface area (Å²) in [7, 11) is 4.22. The highest BCUT2D eigenvalue weighted by Gasteiger charge is 2.61. The molecular weight excluding hydrogens is 376 g/mol. The first-order chi connectivity index (χ1) is 14.5. The maximum Gasteiger partial charge on any atom is 0.322 e. The zero-order valence-electron chi connectivity index (χ0n) is 17.1. The molecule has 2 amide bonds. The van der Waals surface area contributed by atoms with Crippen LogP contribution in [0.3, 0.4) is 0 Å². The molecule has 1 aromatic carbocycles. The van der Waals surface area contributed by atoms with Crippen LogP contribution in [-0.2, 0) is 5.54 Å². The van der Waals surface area contributed by atoms with E-state index in [1.54, 1.807) is 29.7 Å². The van der Waals surface area contributed by atoms with Gasteiger partial charge in [-0.15, -0.1) is 0 Å². The first-order valence-electron chi connectivity index (χ1n) is 10.1. The number of nitrogens with one attached hydrogen (secondary N) is 1. The molecule has 1 aliphatic heterocycles. The number of hydrogen-bond donors (Lipinski definition) is 1. The van der Waals surface area contributed by atoms with Gasteiger partial charge in [-0.05, 0) is 44.6 Å². The summed E-state index contributed by atoms with van der Waals surface area (Å²) in [5.74, 6) is 0.620. The SMILES string of the molecule is CN(C)C1(c2ccccc2)CC2(CN(c3cnc(-c4ccncc4)nc3)C(=O)N2)C1. The van der Waals surface area contributed by atoms with Gasteiger partial charge in [0.2, 0.25) is 0 Å². The third kappa shape index (κ3) is 2.93. The number of hydrogen-bond acceptors (Lipinski definition) is 5. The maximum absolute atomic E-state index is 12.8. The Morgan fingerprint density at radius 2 is 1.67 bits per heavy atom. The number of amides is 2. The largest absolute Gasteiger partial charge is 0.330 e. The molecule has 0 unspecified atom stereocenters. The summed E-state index contributed by atoms with van der Waals surface area (Å²) in [6, 6.07) is 14.2. The van der Waals surface area contributed by atoms with E-state index in [2.05, 4.69) is 63.5 Å². The van der Waals surface area contributed by atoms with Crippen LogP contribution < -0.4 is 10.2 Å². The molecule has 1 N–H and O–H groups in total. The summed E-state index contributed by atoms with van der Waals surface area (Å²) in [5.41, 5.74) is 2.60. The molecule has 5 rings (SSSR count). The van der Waals surface area contributed by atoms with Gasteiger partial charge in [0, 0.05) is 18.0 Å². The standard InChI is InChI=1S/C23H24N6O/c1-28(2)23(18-6-4-3-5-7-18)14-22(15-23)16-29(21(30)27-22)19-12-25-20(26-13-19)17-8-10-24-11-9-17/h3-13H,14-16H2,1-2H3,(H,27,30). The molecule has 1 aliphatic carbocycles. The first kappa shape index (κ1) is 18.7. The number of aromatic nitrogens is 3. The van der Waals surface area contributed by atoms with Crippen molar-refractivity contribution in [1.29, 1.82) is 0 Å². The molecule has 2 aromatic heterocycles. The van der Waals surface area contributed by atoms with E-state index in [0.29, 0.717) is 18.1 Å². The van der Waals surface area contributed by atoms with Gasteiger partial charge in [0.05, 0.1) is 35.7 Å². The Hall–Kier alpha value is -3.32. The number of rotatable bonds is 4. The molecule has 3 aromatic rings. The Balaban J connectivity index is 1.35. The fourth-order valence-electron chi connectivity index (χ4n) is 4.82. The van der Waals surface area contributed by atoms with Crippen LogP contribution in [0.25, 0.3) is 11.4 Å². The van der Waals surface area contributed by atoms with E-state index in [-0.39, 0.29) is 17.1 Å². The van der Waals surface area contributed by atoms with Gasteiger partial charge in [-0.25, -0.2) is 14.8 Å². The van der Waals surface area contributed by atoms with Crippen molar-refractivity contribution in [2.24, 2.45) is 0 Å². The Morgan fingerprint density at radius 1 is 1.00 bits per heavy atom. The molecule has 3 heterocycles. The number of carbonyl (C=O) groups excluding carboxylic acids is 1. The first-order valence-corrected chi connectivity index (χ1v) is 10.1. The fraction of sp³-hybridized carbons (Fsp3) is 0.304. The van der Waals surface area contributed by atoms with Crippen molar-refractivity contribution in [3.8, 4) is 11.4 Å². The van der Waals surface area contributed by atoms with Crippen LogP contribution >= 0.6 is 0 Å². The quantitative estimate of drug-likeness (QED) is 0.729. The zero-order chi connectivity index (χ0) is 20.8. The lowest BCUT2D eigenvalue weighted by atomic mass is 9.59. The van der Waals surface area contributed by atoms with E-state index in [1.165, 1.54) is 5.56 Å². The number of urea groups is 1. The van der Waals surface area contributed by atoms with Gasteiger partial charge in [0.1, 0.15) is 0 Å². The van der Waals surface area contributed by atoms with E-state index in [0.717, 1.165) is 18.4 Å². The highest BCUT2D eigenvalue weighted by molar-refractivity contribution is 5.95. The monoisotopic (exact) mass is 400 g/mol. The van der Waals surface area contributed by atoms with Crippen LogP contribution in [0.5, 0.6) is 0 Å². The molecule has 0 bridgehead atoms. The van der Waals surface area contributed by atoms with Crippen molar-refractivity contribution in [1.82, 2.24) is 25.2 Å². The van der Waals surface area contributed by atoms with E-state index in [9.17, 15) is 4.79 Å². The minimum atomic E-state index is -0.235. The Kier molecular flexibility index (Phi) is 4.29. The minimum Gasteiger partial charge on any atom is -0.330 e. The maximum atomic E-state index is 12.8. The summed E-state index contributed by atoms with van der Waals surface area (Å²) in [6.07, 6.45) is 8.60. The van der Waals surface area contributed by atoms with Gasteiger partial charge in [-0.1, -0.05) is 30.3 Å². The van der Waals surface area contributed by atoms with Gasteiger partial charge in [-0.3, -0.25) is 14.8 Å². The van der Waals surface area contributed by atoms with Crippen molar-refractivity contribution in [2.75, 3.05) is 25.5 Å². The van der Waals surface area contributed by atoms with Gasteiger partial charge < -0.3 is 5.32 Å². The second-order valence-electron chi connectivity index (χ2n) is 8.44. The summed E-state index contributed by atoms with van der Waals surface area (Å²) >= 11 is 0. The molecule has 7 nitrogen and oxygen atoms in total. The van der Waals surface area contributed by atoms with Crippen molar-refractivity contribution in [2.45, 2.75) is 23.9 Å². The number of carbonyl (C=O) groups is 1. The average molecular weight is 400 g/mol. The lowest BCUT2D eigenvalue weighted by Crippen LogP contribution is -2.66. The second kappa shape index (κ2) is 6.88. The van der Waals surface area contributed by atoms with Crippen LogP contribution in [0.15, 0.2) is 67.3 Å². The number of pyridine rings is 1. The van der Waals surface area contributed by atoms with E-state index in [1.807, 2.05) is 18.2 Å². The summed E-state index contributed by atoms with van der Waals surface area (Å²) in [4.78, 5) is 29.7. The van der Waals surface area contributed by atoms with Crippen molar-refractivity contribution >= 4 is 11.7 Å². The molecule has 1 saturated heterocycles. The highest BCUT2D eigenvalue weighted by Crippen LogP contribution is 2.53.